The molecular weight excluding hydrogens is 345 g/mol. The van der Waals surface area contributed by atoms with E-state index in [0.29, 0.717) is 4.47 Å². The van der Waals surface area contributed by atoms with Crippen LogP contribution in [0.15, 0.2) is 21.1 Å². The summed E-state index contributed by atoms with van der Waals surface area (Å²) < 4.78 is 45.1. The highest BCUT2D eigenvalue weighted by atomic mass is 79.9. The van der Waals surface area contributed by atoms with Crippen molar-refractivity contribution in [3.8, 4) is 11.5 Å². The van der Waals surface area contributed by atoms with Gasteiger partial charge in [0.15, 0.2) is 0 Å². The number of alkyl halides is 3. The smallest absolute Gasteiger partial charge is 0.387 e. The van der Waals surface area contributed by atoms with Crippen molar-refractivity contribution in [3.05, 3.63) is 21.1 Å². The number of halogens is 5. The number of benzene rings is 1. The Kier molecular flexibility index (Phi) is 4.72. The van der Waals surface area contributed by atoms with Gasteiger partial charge in [0.2, 0.25) is 6.86 Å². The van der Waals surface area contributed by atoms with E-state index >= 15 is 0 Å². The van der Waals surface area contributed by atoms with Gasteiger partial charge in [-0.25, -0.2) is 4.39 Å². The van der Waals surface area contributed by atoms with Gasteiger partial charge in [0, 0.05) is 0 Å². The predicted molar refractivity (Wildman–Crippen MR) is 55.1 cm³/mol. The second-order valence-corrected chi connectivity index (χ2v) is 3.91. The number of rotatable bonds is 4. The van der Waals surface area contributed by atoms with E-state index in [0.717, 1.165) is 0 Å². The first-order valence-electron chi connectivity index (χ1n) is 3.67. The van der Waals surface area contributed by atoms with Gasteiger partial charge in [0.25, 0.3) is 0 Å². The van der Waals surface area contributed by atoms with Crippen molar-refractivity contribution >= 4 is 31.9 Å². The summed E-state index contributed by atoms with van der Waals surface area (Å²) in [6.45, 7) is -3.92. The normalized spacial score (nSPS) is 10.5. The van der Waals surface area contributed by atoms with Crippen molar-refractivity contribution in [2.24, 2.45) is 0 Å². The molecule has 1 aromatic rings. The maximum absolute atomic E-state index is 11.9. The Labute approximate surface area is 101 Å². The molecule has 15 heavy (non-hydrogen) atoms. The average Bonchev–Trinajstić information content (AvgIpc) is 2.17. The minimum Gasteiger partial charge on any atom is -0.462 e. The fourth-order valence-corrected chi connectivity index (χ4v) is 1.73. The molecule has 0 aromatic heterocycles. The first kappa shape index (κ1) is 12.6. The van der Waals surface area contributed by atoms with Crippen LogP contribution in [0.5, 0.6) is 11.5 Å². The average molecular weight is 350 g/mol. The van der Waals surface area contributed by atoms with Gasteiger partial charge in [-0.05, 0) is 44.0 Å². The minimum atomic E-state index is -2.92. The molecule has 0 radical (unpaired) electrons. The molecule has 84 valence electrons. The van der Waals surface area contributed by atoms with Gasteiger partial charge in [0.05, 0.1) is 8.95 Å². The van der Waals surface area contributed by atoms with Crippen LogP contribution in [0.2, 0.25) is 0 Å². The van der Waals surface area contributed by atoms with E-state index in [1.807, 2.05) is 0 Å². The van der Waals surface area contributed by atoms with E-state index in [9.17, 15) is 13.2 Å². The summed E-state index contributed by atoms with van der Waals surface area (Å²) in [6, 6.07) is 2.58. The van der Waals surface area contributed by atoms with Gasteiger partial charge >= 0.3 is 6.61 Å². The lowest BCUT2D eigenvalue weighted by Crippen LogP contribution is -2.03. The summed E-state index contributed by atoms with van der Waals surface area (Å²) in [5, 5.41) is 0. The highest BCUT2D eigenvalue weighted by Gasteiger charge is 2.14. The summed E-state index contributed by atoms with van der Waals surface area (Å²) in [4.78, 5) is 0. The third-order valence-electron chi connectivity index (χ3n) is 1.44. The number of hydrogen-bond acceptors (Lipinski definition) is 2. The van der Waals surface area contributed by atoms with Crippen LogP contribution in [0.1, 0.15) is 0 Å². The fraction of sp³-hybridized carbons (Fsp3) is 0.250. The molecule has 1 aromatic carbocycles. The molecule has 0 heterocycles. The molecule has 0 bridgehead atoms. The van der Waals surface area contributed by atoms with Crippen molar-refractivity contribution in [2.45, 2.75) is 6.61 Å². The van der Waals surface area contributed by atoms with Gasteiger partial charge in [0.1, 0.15) is 11.5 Å². The summed E-state index contributed by atoms with van der Waals surface area (Å²) in [5.41, 5.74) is 0. The summed E-state index contributed by atoms with van der Waals surface area (Å²) in [5.74, 6) is 0.147. The lowest BCUT2D eigenvalue weighted by Gasteiger charge is -2.10. The standard InChI is InChI=1S/C8H5Br2F3O2/c9-6-4(14-3-11)1-2-5(7(6)10)15-8(12)13/h1-2,8H,3H2. The molecule has 7 heteroatoms. The lowest BCUT2D eigenvalue weighted by molar-refractivity contribution is -0.0504. The minimum absolute atomic E-state index is 0.0527. The van der Waals surface area contributed by atoms with Crippen LogP contribution in [0.25, 0.3) is 0 Å². The first-order chi connectivity index (χ1) is 7.06. The van der Waals surface area contributed by atoms with Crippen LogP contribution < -0.4 is 9.47 Å². The number of ether oxygens (including phenoxy) is 2. The monoisotopic (exact) mass is 348 g/mol. The molecule has 0 unspecified atom stereocenters. The van der Waals surface area contributed by atoms with Gasteiger partial charge in [-0.3, -0.25) is 0 Å². The second kappa shape index (κ2) is 5.60. The molecule has 0 saturated carbocycles. The molecule has 0 amide bonds. The maximum atomic E-state index is 11.9. The Hall–Kier alpha value is -0.430. The van der Waals surface area contributed by atoms with Crippen molar-refractivity contribution < 1.29 is 22.6 Å². The number of hydrogen-bond donors (Lipinski definition) is 0. The topological polar surface area (TPSA) is 18.5 Å². The van der Waals surface area contributed by atoms with Crippen molar-refractivity contribution in [1.82, 2.24) is 0 Å². The highest BCUT2D eigenvalue weighted by molar-refractivity contribution is 9.13. The van der Waals surface area contributed by atoms with Crippen LogP contribution in [0.4, 0.5) is 13.2 Å². The Morgan fingerprint density at radius 2 is 1.67 bits per heavy atom. The Balaban J connectivity index is 2.98. The molecule has 0 aliphatic rings. The maximum Gasteiger partial charge on any atom is 0.387 e. The van der Waals surface area contributed by atoms with Crippen LogP contribution in [-0.4, -0.2) is 13.5 Å². The molecule has 0 spiro atoms. The predicted octanol–water partition coefficient (Wildman–Crippen LogP) is 4.12. The third-order valence-corrected chi connectivity index (χ3v) is 3.54. The van der Waals surface area contributed by atoms with E-state index in [1.54, 1.807) is 0 Å². The Morgan fingerprint density at radius 1 is 1.13 bits per heavy atom. The van der Waals surface area contributed by atoms with Crippen LogP contribution in [-0.2, 0) is 0 Å². The molecule has 0 aliphatic carbocycles. The van der Waals surface area contributed by atoms with E-state index in [-0.39, 0.29) is 16.0 Å². The third kappa shape index (κ3) is 3.27. The molecule has 0 fully saturated rings. The second-order valence-electron chi connectivity index (χ2n) is 2.32. The van der Waals surface area contributed by atoms with E-state index in [2.05, 4.69) is 41.3 Å². The van der Waals surface area contributed by atoms with Crippen LogP contribution in [0.3, 0.4) is 0 Å². The van der Waals surface area contributed by atoms with Gasteiger partial charge in [-0.2, -0.15) is 8.78 Å². The van der Waals surface area contributed by atoms with Crippen molar-refractivity contribution in [1.29, 1.82) is 0 Å². The molecule has 0 saturated heterocycles. The molecule has 2 nitrogen and oxygen atoms in total. The molecule has 1 rings (SSSR count). The zero-order valence-electron chi connectivity index (χ0n) is 7.15. The van der Waals surface area contributed by atoms with Gasteiger partial charge < -0.3 is 9.47 Å². The largest absolute Gasteiger partial charge is 0.462 e. The van der Waals surface area contributed by atoms with Crippen molar-refractivity contribution in [3.63, 3.8) is 0 Å². The van der Waals surface area contributed by atoms with E-state index < -0.39 is 13.5 Å². The summed E-state index contributed by atoms with van der Waals surface area (Å²) >= 11 is 6.08. The quantitative estimate of drug-likeness (QED) is 0.814. The zero-order chi connectivity index (χ0) is 11.4. The Bertz CT molecular complexity index is 347. The summed E-state index contributed by atoms with van der Waals surface area (Å²) in [6.07, 6.45) is 0. The summed E-state index contributed by atoms with van der Waals surface area (Å²) in [7, 11) is 0. The highest BCUT2D eigenvalue weighted by Crippen LogP contribution is 2.39. The molecule has 0 aliphatic heterocycles. The molecule has 0 atom stereocenters. The molecular formula is C8H5Br2F3O2. The first-order valence-corrected chi connectivity index (χ1v) is 5.26. The van der Waals surface area contributed by atoms with Crippen molar-refractivity contribution in [2.75, 3.05) is 6.86 Å². The fourth-order valence-electron chi connectivity index (χ4n) is 0.871. The van der Waals surface area contributed by atoms with Gasteiger partial charge in [-0.1, -0.05) is 0 Å². The van der Waals surface area contributed by atoms with Gasteiger partial charge in [-0.15, -0.1) is 0 Å². The van der Waals surface area contributed by atoms with Crippen LogP contribution in [0, 0.1) is 0 Å². The lowest BCUT2D eigenvalue weighted by atomic mass is 10.3. The molecule has 0 N–H and O–H groups in total. The Morgan fingerprint density at radius 3 is 2.20 bits per heavy atom. The van der Waals surface area contributed by atoms with E-state index in [1.165, 1.54) is 12.1 Å². The zero-order valence-corrected chi connectivity index (χ0v) is 10.3. The van der Waals surface area contributed by atoms with E-state index in [4.69, 9.17) is 0 Å². The van der Waals surface area contributed by atoms with Crippen LogP contribution >= 0.6 is 31.9 Å². The SMILES string of the molecule is FCOc1ccc(OC(F)F)c(Br)c1Br.